The number of anilines is 3. The maximum absolute atomic E-state index is 4.48. The highest BCUT2D eigenvalue weighted by molar-refractivity contribution is 9.10. The predicted molar refractivity (Wildman–Crippen MR) is 83.0 cm³/mol. The summed E-state index contributed by atoms with van der Waals surface area (Å²) in [6, 6.07) is 8.00. The van der Waals surface area contributed by atoms with Crippen molar-refractivity contribution in [2.45, 2.75) is 20.3 Å². The van der Waals surface area contributed by atoms with Crippen LogP contribution in [0.4, 0.5) is 17.5 Å². The van der Waals surface area contributed by atoms with Gasteiger partial charge in [0.05, 0.1) is 0 Å². The molecule has 19 heavy (non-hydrogen) atoms. The first-order valence-electron chi connectivity index (χ1n) is 6.29. The molecule has 1 heterocycles. The number of nitrogens with one attached hydrogen (secondary N) is 2. The van der Waals surface area contributed by atoms with Gasteiger partial charge in [0.15, 0.2) is 0 Å². The second kappa shape index (κ2) is 6.52. The Balaban J connectivity index is 2.16. The minimum Gasteiger partial charge on any atom is -0.354 e. The van der Waals surface area contributed by atoms with Crippen molar-refractivity contribution in [3.63, 3.8) is 0 Å². The molecule has 2 N–H and O–H groups in total. The summed E-state index contributed by atoms with van der Waals surface area (Å²) in [5, 5.41) is 6.49. The zero-order chi connectivity index (χ0) is 13.7. The van der Waals surface area contributed by atoms with Crippen molar-refractivity contribution < 1.29 is 0 Å². The zero-order valence-electron chi connectivity index (χ0n) is 11.1. The first kappa shape index (κ1) is 13.8. The van der Waals surface area contributed by atoms with E-state index in [2.05, 4.69) is 43.5 Å². The van der Waals surface area contributed by atoms with E-state index in [1.807, 2.05) is 37.4 Å². The number of aromatic nitrogens is 2. The molecule has 0 bridgehead atoms. The lowest BCUT2D eigenvalue weighted by Gasteiger charge is -2.10. The van der Waals surface area contributed by atoms with Gasteiger partial charge in [-0.3, -0.25) is 0 Å². The summed E-state index contributed by atoms with van der Waals surface area (Å²) in [4.78, 5) is 8.74. The maximum atomic E-state index is 4.48. The van der Waals surface area contributed by atoms with Crippen LogP contribution >= 0.6 is 15.9 Å². The van der Waals surface area contributed by atoms with E-state index in [9.17, 15) is 0 Å². The van der Waals surface area contributed by atoms with Crippen molar-refractivity contribution in [1.29, 1.82) is 0 Å². The molecule has 0 saturated carbocycles. The molecule has 0 radical (unpaired) electrons. The smallest absolute Gasteiger partial charge is 0.224 e. The zero-order valence-corrected chi connectivity index (χ0v) is 12.7. The first-order valence-corrected chi connectivity index (χ1v) is 7.08. The van der Waals surface area contributed by atoms with Gasteiger partial charge >= 0.3 is 0 Å². The highest BCUT2D eigenvalue weighted by atomic mass is 79.9. The van der Waals surface area contributed by atoms with E-state index in [0.717, 1.165) is 34.5 Å². The van der Waals surface area contributed by atoms with Crippen LogP contribution in [0.1, 0.15) is 18.9 Å². The number of hydrogen-bond acceptors (Lipinski definition) is 4. The SMILES string of the molecule is CCCNc1ncc(C)c(Nc2ccc(Br)cc2)n1. The molecule has 0 aliphatic rings. The Bertz CT molecular complexity index is 540. The molecule has 2 aromatic rings. The Kier molecular flexibility index (Phi) is 4.74. The van der Waals surface area contributed by atoms with E-state index in [1.165, 1.54) is 0 Å². The van der Waals surface area contributed by atoms with E-state index in [0.29, 0.717) is 5.95 Å². The lowest BCUT2D eigenvalue weighted by Crippen LogP contribution is -2.06. The number of halogens is 1. The van der Waals surface area contributed by atoms with Crippen LogP contribution in [-0.4, -0.2) is 16.5 Å². The quantitative estimate of drug-likeness (QED) is 0.870. The van der Waals surface area contributed by atoms with E-state index in [-0.39, 0.29) is 0 Å². The molecule has 1 aromatic heterocycles. The van der Waals surface area contributed by atoms with Crippen LogP contribution in [-0.2, 0) is 0 Å². The molecule has 0 fully saturated rings. The number of aryl methyl sites for hydroxylation is 1. The Labute approximate surface area is 121 Å². The lowest BCUT2D eigenvalue weighted by molar-refractivity contribution is 0.950. The third-order valence-corrected chi connectivity index (χ3v) is 3.14. The molecule has 100 valence electrons. The van der Waals surface area contributed by atoms with Gasteiger partial charge in [-0.25, -0.2) is 4.98 Å². The second-order valence-electron chi connectivity index (χ2n) is 4.28. The molecule has 0 aliphatic carbocycles. The minimum atomic E-state index is 0.659. The van der Waals surface area contributed by atoms with Crippen molar-refractivity contribution in [3.8, 4) is 0 Å². The fourth-order valence-electron chi connectivity index (χ4n) is 1.56. The number of hydrogen-bond donors (Lipinski definition) is 2. The van der Waals surface area contributed by atoms with Gasteiger partial charge in [0, 0.05) is 28.5 Å². The average Bonchev–Trinajstić information content (AvgIpc) is 2.42. The molecule has 0 unspecified atom stereocenters. The van der Waals surface area contributed by atoms with Crippen LogP contribution in [0.5, 0.6) is 0 Å². The number of nitrogens with zero attached hydrogens (tertiary/aromatic N) is 2. The van der Waals surface area contributed by atoms with Crippen LogP contribution in [0.15, 0.2) is 34.9 Å². The van der Waals surface area contributed by atoms with Gasteiger partial charge in [0.2, 0.25) is 5.95 Å². The summed E-state index contributed by atoms with van der Waals surface area (Å²) in [5.74, 6) is 1.49. The lowest BCUT2D eigenvalue weighted by atomic mass is 10.3. The number of rotatable bonds is 5. The van der Waals surface area contributed by atoms with Gasteiger partial charge in [-0.2, -0.15) is 4.98 Å². The summed E-state index contributed by atoms with van der Waals surface area (Å²) < 4.78 is 1.06. The molecular weight excluding hydrogens is 304 g/mol. The van der Waals surface area contributed by atoms with Crippen molar-refractivity contribution in [1.82, 2.24) is 9.97 Å². The number of benzene rings is 1. The third kappa shape index (κ3) is 3.92. The molecule has 1 aromatic carbocycles. The second-order valence-corrected chi connectivity index (χ2v) is 5.20. The fraction of sp³-hybridized carbons (Fsp3) is 0.286. The first-order chi connectivity index (χ1) is 9.19. The topological polar surface area (TPSA) is 49.8 Å². The van der Waals surface area contributed by atoms with E-state index < -0.39 is 0 Å². The summed E-state index contributed by atoms with van der Waals surface area (Å²) in [5.41, 5.74) is 2.02. The predicted octanol–water partition coefficient (Wildman–Crippen LogP) is 4.11. The van der Waals surface area contributed by atoms with Crippen molar-refractivity contribution in [2.75, 3.05) is 17.2 Å². The highest BCUT2D eigenvalue weighted by Crippen LogP contribution is 2.20. The Morgan fingerprint density at radius 1 is 1.21 bits per heavy atom. The standard InChI is InChI=1S/C14H17BrN4/c1-3-8-16-14-17-9-10(2)13(19-14)18-12-6-4-11(15)5-7-12/h4-7,9H,3,8H2,1-2H3,(H2,16,17,18,19). The van der Waals surface area contributed by atoms with E-state index in [1.54, 1.807) is 0 Å². The monoisotopic (exact) mass is 320 g/mol. The van der Waals surface area contributed by atoms with Crippen molar-refractivity contribution in [2.24, 2.45) is 0 Å². The normalized spacial score (nSPS) is 10.3. The van der Waals surface area contributed by atoms with Crippen LogP contribution in [0.3, 0.4) is 0 Å². The van der Waals surface area contributed by atoms with E-state index >= 15 is 0 Å². The largest absolute Gasteiger partial charge is 0.354 e. The van der Waals surface area contributed by atoms with Crippen LogP contribution in [0.25, 0.3) is 0 Å². The van der Waals surface area contributed by atoms with Crippen LogP contribution in [0, 0.1) is 6.92 Å². The van der Waals surface area contributed by atoms with E-state index in [4.69, 9.17) is 0 Å². The summed E-state index contributed by atoms with van der Waals surface area (Å²) in [6.45, 7) is 4.98. The molecule has 0 saturated heterocycles. The molecule has 0 spiro atoms. The summed E-state index contributed by atoms with van der Waals surface area (Å²) in [6.07, 6.45) is 2.87. The van der Waals surface area contributed by atoms with Crippen LogP contribution in [0.2, 0.25) is 0 Å². The molecular formula is C14H17BrN4. The molecule has 0 aliphatic heterocycles. The summed E-state index contributed by atoms with van der Waals surface area (Å²) >= 11 is 3.42. The minimum absolute atomic E-state index is 0.659. The van der Waals surface area contributed by atoms with Gasteiger partial charge in [-0.05, 0) is 37.6 Å². The van der Waals surface area contributed by atoms with Gasteiger partial charge in [-0.15, -0.1) is 0 Å². The molecule has 2 rings (SSSR count). The van der Waals surface area contributed by atoms with Crippen LogP contribution < -0.4 is 10.6 Å². The third-order valence-electron chi connectivity index (χ3n) is 2.61. The molecule has 0 amide bonds. The summed E-state index contributed by atoms with van der Waals surface area (Å²) in [7, 11) is 0. The maximum Gasteiger partial charge on any atom is 0.224 e. The van der Waals surface area contributed by atoms with Gasteiger partial charge in [-0.1, -0.05) is 22.9 Å². The Morgan fingerprint density at radius 2 is 1.95 bits per heavy atom. The van der Waals surface area contributed by atoms with Gasteiger partial charge in [0.1, 0.15) is 5.82 Å². The van der Waals surface area contributed by atoms with Gasteiger partial charge < -0.3 is 10.6 Å². The Morgan fingerprint density at radius 3 is 2.63 bits per heavy atom. The van der Waals surface area contributed by atoms with Crippen molar-refractivity contribution in [3.05, 3.63) is 40.5 Å². The van der Waals surface area contributed by atoms with Gasteiger partial charge in [0.25, 0.3) is 0 Å². The van der Waals surface area contributed by atoms with Crippen molar-refractivity contribution >= 4 is 33.4 Å². The molecule has 4 nitrogen and oxygen atoms in total. The Hall–Kier alpha value is -1.62. The highest BCUT2D eigenvalue weighted by Gasteiger charge is 2.04. The fourth-order valence-corrected chi connectivity index (χ4v) is 1.82. The molecule has 5 heteroatoms. The average molecular weight is 321 g/mol. The molecule has 0 atom stereocenters.